The summed E-state index contributed by atoms with van der Waals surface area (Å²) in [6, 6.07) is 10.1. The highest BCUT2D eigenvalue weighted by molar-refractivity contribution is 5.82. The summed E-state index contributed by atoms with van der Waals surface area (Å²) in [5.74, 6) is 1.51. The average Bonchev–Trinajstić information content (AvgIpc) is 3.13. The molecule has 0 radical (unpaired) electrons. The van der Waals surface area contributed by atoms with Crippen molar-refractivity contribution in [3.8, 4) is 17.3 Å². The molecule has 0 saturated carbocycles. The second-order valence-electron chi connectivity index (χ2n) is 7.27. The number of benzene rings is 1. The van der Waals surface area contributed by atoms with Gasteiger partial charge in [0.2, 0.25) is 5.88 Å². The number of nitrogens with one attached hydrogen (secondary N) is 1. The number of fused-ring (bicyclic) bond motifs is 1. The van der Waals surface area contributed by atoms with Crippen LogP contribution in [0, 0.1) is 6.92 Å². The van der Waals surface area contributed by atoms with Crippen molar-refractivity contribution in [2.24, 2.45) is 0 Å². The normalized spacial score (nSPS) is 15.1. The lowest BCUT2D eigenvalue weighted by atomic mass is 10.0. The zero-order valence-corrected chi connectivity index (χ0v) is 16.0. The van der Waals surface area contributed by atoms with Crippen LogP contribution >= 0.6 is 0 Å². The van der Waals surface area contributed by atoms with Gasteiger partial charge < -0.3 is 14.6 Å². The van der Waals surface area contributed by atoms with E-state index >= 15 is 0 Å². The third-order valence-corrected chi connectivity index (χ3v) is 5.12. The van der Waals surface area contributed by atoms with Gasteiger partial charge in [-0.25, -0.2) is 9.97 Å². The van der Waals surface area contributed by atoms with E-state index in [0.717, 1.165) is 48.4 Å². The van der Waals surface area contributed by atoms with Crippen LogP contribution in [-0.2, 0) is 0 Å². The molecule has 0 unspecified atom stereocenters. The van der Waals surface area contributed by atoms with Crippen molar-refractivity contribution in [2.75, 3.05) is 26.7 Å². The molecule has 1 aromatic carbocycles. The second kappa shape index (κ2) is 7.92. The lowest BCUT2D eigenvalue weighted by molar-refractivity contribution is 0.296. The number of aryl methyl sites for hydroxylation is 1. The number of imidazole rings is 1. The van der Waals surface area contributed by atoms with Gasteiger partial charge in [-0.1, -0.05) is 23.8 Å². The number of H-pyrrole nitrogens is 1. The molecule has 1 aliphatic heterocycles. The van der Waals surface area contributed by atoms with Crippen LogP contribution in [0.1, 0.15) is 24.8 Å². The number of aromatic nitrogens is 3. The molecule has 3 aromatic rings. The first-order chi connectivity index (χ1) is 13.2. The van der Waals surface area contributed by atoms with Crippen molar-refractivity contribution in [1.82, 2.24) is 19.9 Å². The standard InChI is InChI=1S/C22H26N4O/c1-16-5-3-7-19-21(16)25-22(24-19)18-8-9-20(23-15-18)27-14-4-6-17-10-12-26(2)13-11-17/h3,5,7-10,15H,4,6,11-14H2,1-2H3,(H,24,25). The van der Waals surface area contributed by atoms with Crippen LogP contribution in [0.25, 0.3) is 22.4 Å². The number of likely N-dealkylation sites (N-methyl/N-ethyl adjacent to an activating group) is 1. The number of pyridine rings is 1. The van der Waals surface area contributed by atoms with E-state index in [4.69, 9.17) is 9.72 Å². The Morgan fingerprint density at radius 2 is 2.15 bits per heavy atom. The summed E-state index contributed by atoms with van der Waals surface area (Å²) < 4.78 is 5.81. The van der Waals surface area contributed by atoms with Crippen molar-refractivity contribution in [1.29, 1.82) is 0 Å². The van der Waals surface area contributed by atoms with Gasteiger partial charge in [-0.2, -0.15) is 0 Å². The van der Waals surface area contributed by atoms with Gasteiger partial charge in [0.15, 0.2) is 0 Å². The summed E-state index contributed by atoms with van der Waals surface area (Å²) in [5, 5.41) is 0. The summed E-state index contributed by atoms with van der Waals surface area (Å²) in [6.45, 7) is 5.00. The average molecular weight is 362 g/mol. The highest BCUT2D eigenvalue weighted by Gasteiger charge is 2.09. The maximum atomic E-state index is 5.81. The number of hydrogen-bond donors (Lipinski definition) is 1. The van der Waals surface area contributed by atoms with Crippen molar-refractivity contribution in [3.63, 3.8) is 0 Å². The highest BCUT2D eigenvalue weighted by Crippen LogP contribution is 2.23. The molecular weight excluding hydrogens is 336 g/mol. The Hall–Kier alpha value is -2.66. The van der Waals surface area contributed by atoms with Crippen LogP contribution in [0.4, 0.5) is 0 Å². The van der Waals surface area contributed by atoms with Crippen LogP contribution in [-0.4, -0.2) is 46.6 Å². The quantitative estimate of drug-likeness (QED) is 0.523. The zero-order chi connectivity index (χ0) is 18.6. The minimum atomic E-state index is 0.670. The first-order valence-electron chi connectivity index (χ1n) is 9.60. The van der Waals surface area contributed by atoms with Crippen molar-refractivity contribution >= 4 is 11.0 Å². The van der Waals surface area contributed by atoms with Gasteiger partial charge in [0.25, 0.3) is 0 Å². The SMILES string of the molecule is Cc1cccc2[nH]c(-c3ccc(OCCCC4=CCN(C)CC4)nc3)nc12. The number of hydrogen-bond acceptors (Lipinski definition) is 4. The van der Waals surface area contributed by atoms with E-state index in [-0.39, 0.29) is 0 Å². The number of ether oxygens (including phenoxy) is 1. The predicted molar refractivity (Wildman–Crippen MR) is 109 cm³/mol. The largest absolute Gasteiger partial charge is 0.478 e. The first-order valence-corrected chi connectivity index (χ1v) is 9.60. The molecule has 1 N–H and O–H groups in total. The van der Waals surface area contributed by atoms with Crippen LogP contribution in [0.5, 0.6) is 5.88 Å². The molecule has 1 aliphatic rings. The Morgan fingerprint density at radius 3 is 2.89 bits per heavy atom. The Balaban J connectivity index is 1.32. The fraction of sp³-hybridized carbons (Fsp3) is 0.364. The third kappa shape index (κ3) is 4.19. The molecule has 0 amide bonds. The molecule has 140 valence electrons. The van der Waals surface area contributed by atoms with Gasteiger partial charge in [0.1, 0.15) is 5.82 Å². The molecule has 3 heterocycles. The molecule has 5 nitrogen and oxygen atoms in total. The van der Waals surface area contributed by atoms with Crippen molar-refractivity contribution < 1.29 is 4.74 Å². The maximum absolute atomic E-state index is 5.81. The van der Waals surface area contributed by atoms with Gasteiger partial charge in [-0.3, -0.25) is 0 Å². The van der Waals surface area contributed by atoms with Gasteiger partial charge >= 0.3 is 0 Å². The number of para-hydroxylation sites is 1. The minimum Gasteiger partial charge on any atom is -0.478 e. The maximum Gasteiger partial charge on any atom is 0.213 e. The van der Waals surface area contributed by atoms with E-state index < -0.39 is 0 Å². The predicted octanol–water partition coefficient (Wildman–Crippen LogP) is 4.35. The van der Waals surface area contributed by atoms with Gasteiger partial charge in [-0.05, 0) is 50.9 Å². The molecule has 0 aliphatic carbocycles. The lowest BCUT2D eigenvalue weighted by Crippen LogP contribution is -2.24. The van der Waals surface area contributed by atoms with E-state index in [1.165, 1.54) is 12.0 Å². The van der Waals surface area contributed by atoms with E-state index in [1.54, 1.807) is 5.57 Å². The van der Waals surface area contributed by atoms with Crippen molar-refractivity contribution in [2.45, 2.75) is 26.2 Å². The summed E-state index contributed by atoms with van der Waals surface area (Å²) >= 11 is 0. The Bertz CT molecular complexity index is 943. The number of rotatable bonds is 6. The summed E-state index contributed by atoms with van der Waals surface area (Å²) in [5.41, 5.74) is 5.75. The van der Waals surface area contributed by atoms with Crippen LogP contribution in [0.2, 0.25) is 0 Å². The number of nitrogens with zero attached hydrogens (tertiary/aromatic N) is 3. The molecule has 4 rings (SSSR count). The highest BCUT2D eigenvalue weighted by atomic mass is 16.5. The fourth-order valence-corrected chi connectivity index (χ4v) is 3.43. The molecule has 0 atom stereocenters. The van der Waals surface area contributed by atoms with Crippen LogP contribution < -0.4 is 4.74 Å². The zero-order valence-electron chi connectivity index (χ0n) is 16.0. The summed E-state index contributed by atoms with van der Waals surface area (Å²) in [7, 11) is 2.16. The lowest BCUT2D eigenvalue weighted by Gasteiger charge is -2.21. The van der Waals surface area contributed by atoms with Gasteiger partial charge in [0, 0.05) is 30.9 Å². The number of aromatic amines is 1. The van der Waals surface area contributed by atoms with Crippen molar-refractivity contribution in [3.05, 3.63) is 53.7 Å². The van der Waals surface area contributed by atoms with Crippen LogP contribution in [0.3, 0.4) is 0 Å². The van der Waals surface area contributed by atoms with E-state index in [9.17, 15) is 0 Å². The first kappa shape index (κ1) is 17.7. The Kier molecular flexibility index (Phi) is 5.21. The minimum absolute atomic E-state index is 0.670. The topological polar surface area (TPSA) is 54.0 Å². The monoisotopic (exact) mass is 362 g/mol. The molecular formula is C22H26N4O. The van der Waals surface area contributed by atoms with E-state index in [2.05, 4.69) is 41.0 Å². The molecule has 0 spiro atoms. The molecule has 27 heavy (non-hydrogen) atoms. The molecule has 0 bridgehead atoms. The summed E-state index contributed by atoms with van der Waals surface area (Å²) in [4.78, 5) is 14.8. The third-order valence-electron chi connectivity index (χ3n) is 5.12. The van der Waals surface area contributed by atoms with E-state index in [1.807, 2.05) is 30.5 Å². The summed E-state index contributed by atoms with van der Waals surface area (Å²) in [6.07, 6.45) is 7.50. The van der Waals surface area contributed by atoms with Gasteiger partial charge in [0.05, 0.1) is 17.6 Å². The Morgan fingerprint density at radius 1 is 1.22 bits per heavy atom. The second-order valence-corrected chi connectivity index (χ2v) is 7.27. The van der Waals surface area contributed by atoms with Gasteiger partial charge in [-0.15, -0.1) is 0 Å². The fourth-order valence-electron chi connectivity index (χ4n) is 3.43. The Labute approximate surface area is 160 Å². The molecule has 5 heteroatoms. The smallest absolute Gasteiger partial charge is 0.213 e. The van der Waals surface area contributed by atoms with Crippen LogP contribution in [0.15, 0.2) is 48.2 Å². The molecule has 0 fully saturated rings. The molecule has 0 saturated heterocycles. The molecule has 2 aromatic heterocycles. The van der Waals surface area contributed by atoms with E-state index in [0.29, 0.717) is 12.5 Å².